The molecule has 0 aliphatic heterocycles. The van der Waals surface area contributed by atoms with Gasteiger partial charge < -0.3 is 9.84 Å². The largest absolute Gasteiger partial charge is 0.491 e. The molecular weight excluding hydrogens is 365 g/mol. The molecule has 2 aromatic rings. The number of ether oxygens (including phenoxy) is 1. The van der Waals surface area contributed by atoms with Gasteiger partial charge in [-0.3, -0.25) is 0 Å². The van der Waals surface area contributed by atoms with Crippen LogP contribution in [0, 0.1) is 23.4 Å². The second-order valence-corrected chi connectivity index (χ2v) is 7.19. The van der Waals surface area contributed by atoms with E-state index in [0.717, 1.165) is 31.2 Å². The van der Waals surface area contributed by atoms with Crippen molar-refractivity contribution in [3.05, 3.63) is 70.5 Å². The fraction of sp³-hybridized carbons (Fsp3) is 0.391. The Kier molecular flexibility index (Phi) is 6.79. The van der Waals surface area contributed by atoms with Crippen molar-refractivity contribution in [2.75, 3.05) is 6.61 Å². The van der Waals surface area contributed by atoms with E-state index in [2.05, 4.69) is 6.08 Å². The summed E-state index contributed by atoms with van der Waals surface area (Å²) in [7, 11) is 0. The highest BCUT2D eigenvalue weighted by Gasteiger charge is 2.25. The molecule has 0 bridgehead atoms. The topological polar surface area (TPSA) is 29.5 Å². The predicted molar refractivity (Wildman–Crippen MR) is 104 cm³/mol. The lowest BCUT2D eigenvalue weighted by atomic mass is 9.78. The van der Waals surface area contributed by atoms with E-state index in [4.69, 9.17) is 9.84 Å². The highest BCUT2D eigenvalue weighted by atomic mass is 19.2. The van der Waals surface area contributed by atoms with Crippen LogP contribution in [0.25, 0.3) is 6.08 Å². The van der Waals surface area contributed by atoms with Crippen LogP contribution in [0.2, 0.25) is 0 Å². The van der Waals surface area contributed by atoms with E-state index in [0.29, 0.717) is 18.1 Å². The number of aliphatic hydroxyl groups is 1. The zero-order valence-corrected chi connectivity index (χ0v) is 15.9. The standard InChI is InChI=1S/C23H25F3O2/c1-2-28-21-12-11-19(22(25)23(21)26)17-8-5-15(6-9-17)3-4-16-7-10-18(14-27)20(24)13-16/h3-4,7,10-13,15,17,27H,2,5-6,8-9,14H2,1H3/b4-3+. The van der Waals surface area contributed by atoms with Crippen LogP contribution in [0.1, 0.15) is 55.2 Å². The summed E-state index contributed by atoms with van der Waals surface area (Å²) in [5.74, 6) is -1.84. The van der Waals surface area contributed by atoms with Gasteiger partial charge in [-0.15, -0.1) is 0 Å². The molecule has 2 aromatic carbocycles. The lowest BCUT2D eigenvalue weighted by Gasteiger charge is -2.27. The maximum absolute atomic E-state index is 14.4. The molecule has 1 aliphatic carbocycles. The molecule has 0 unspecified atom stereocenters. The van der Waals surface area contributed by atoms with Gasteiger partial charge in [0.05, 0.1) is 13.2 Å². The number of aliphatic hydroxyl groups excluding tert-OH is 1. The van der Waals surface area contributed by atoms with Gasteiger partial charge in [-0.2, -0.15) is 4.39 Å². The zero-order chi connectivity index (χ0) is 20.1. The first-order chi connectivity index (χ1) is 13.5. The van der Waals surface area contributed by atoms with Gasteiger partial charge in [0, 0.05) is 5.56 Å². The van der Waals surface area contributed by atoms with Gasteiger partial charge in [-0.25, -0.2) is 8.78 Å². The third kappa shape index (κ3) is 4.58. The van der Waals surface area contributed by atoms with E-state index in [-0.39, 0.29) is 23.8 Å². The van der Waals surface area contributed by atoms with Gasteiger partial charge in [0.15, 0.2) is 11.6 Å². The van der Waals surface area contributed by atoms with Crippen molar-refractivity contribution in [3.63, 3.8) is 0 Å². The van der Waals surface area contributed by atoms with Crippen LogP contribution in [0.5, 0.6) is 5.75 Å². The highest BCUT2D eigenvalue weighted by molar-refractivity contribution is 5.50. The third-order valence-corrected chi connectivity index (χ3v) is 5.40. The lowest BCUT2D eigenvalue weighted by Crippen LogP contribution is -2.14. The Morgan fingerprint density at radius 3 is 2.43 bits per heavy atom. The number of benzene rings is 2. The molecule has 0 amide bonds. The first kappa shape index (κ1) is 20.5. The molecule has 3 rings (SSSR count). The van der Waals surface area contributed by atoms with Crippen molar-refractivity contribution in [2.45, 2.75) is 45.1 Å². The minimum atomic E-state index is -0.908. The van der Waals surface area contributed by atoms with Crippen LogP contribution >= 0.6 is 0 Å². The summed E-state index contributed by atoms with van der Waals surface area (Å²) in [4.78, 5) is 0. The van der Waals surface area contributed by atoms with Crippen LogP contribution in [0.3, 0.4) is 0 Å². The normalized spacial score (nSPS) is 19.9. The highest BCUT2D eigenvalue weighted by Crippen LogP contribution is 2.39. The molecule has 0 saturated heterocycles. The van der Waals surface area contributed by atoms with Gasteiger partial charge in [0.25, 0.3) is 0 Å². The van der Waals surface area contributed by atoms with Crippen molar-refractivity contribution in [1.29, 1.82) is 0 Å². The van der Waals surface area contributed by atoms with Crippen molar-refractivity contribution in [1.82, 2.24) is 0 Å². The molecule has 0 aromatic heterocycles. The minimum Gasteiger partial charge on any atom is -0.491 e. The van der Waals surface area contributed by atoms with Crippen molar-refractivity contribution >= 4 is 6.08 Å². The molecule has 0 spiro atoms. The number of rotatable bonds is 6. The Morgan fingerprint density at radius 2 is 1.79 bits per heavy atom. The molecule has 0 heterocycles. The molecular formula is C23H25F3O2. The summed E-state index contributed by atoms with van der Waals surface area (Å²) in [6.07, 6.45) is 7.22. The maximum atomic E-state index is 14.4. The first-order valence-corrected chi connectivity index (χ1v) is 9.71. The van der Waals surface area contributed by atoms with Gasteiger partial charge in [-0.1, -0.05) is 30.4 Å². The van der Waals surface area contributed by atoms with Crippen molar-refractivity contribution in [2.24, 2.45) is 5.92 Å². The molecule has 150 valence electrons. The predicted octanol–water partition coefficient (Wildman–Crippen LogP) is 5.98. The summed E-state index contributed by atoms with van der Waals surface area (Å²) < 4.78 is 47.4. The summed E-state index contributed by atoms with van der Waals surface area (Å²) in [6, 6.07) is 7.90. The van der Waals surface area contributed by atoms with Crippen LogP contribution in [-0.4, -0.2) is 11.7 Å². The molecule has 1 saturated carbocycles. The summed E-state index contributed by atoms with van der Waals surface area (Å²) in [5, 5.41) is 9.03. The smallest absolute Gasteiger partial charge is 0.200 e. The molecule has 1 aliphatic rings. The van der Waals surface area contributed by atoms with E-state index in [1.165, 1.54) is 12.1 Å². The molecule has 0 radical (unpaired) electrons. The first-order valence-electron chi connectivity index (χ1n) is 9.71. The van der Waals surface area contributed by atoms with E-state index >= 15 is 0 Å². The van der Waals surface area contributed by atoms with E-state index in [1.54, 1.807) is 25.1 Å². The Balaban J connectivity index is 1.62. The number of hydrogen-bond donors (Lipinski definition) is 1. The van der Waals surface area contributed by atoms with Crippen molar-refractivity contribution < 1.29 is 23.0 Å². The Hall–Kier alpha value is -2.27. The van der Waals surface area contributed by atoms with E-state index in [1.807, 2.05) is 6.08 Å². The third-order valence-electron chi connectivity index (χ3n) is 5.40. The Morgan fingerprint density at radius 1 is 1.04 bits per heavy atom. The molecule has 2 nitrogen and oxygen atoms in total. The van der Waals surface area contributed by atoms with Crippen LogP contribution in [-0.2, 0) is 6.61 Å². The average molecular weight is 390 g/mol. The Labute approximate surface area is 163 Å². The maximum Gasteiger partial charge on any atom is 0.200 e. The molecule has 5 heteroatoms. The van der Waals surface area contributed by atoms with Crippen LogP contribution in [0.4, 0.5) is 13.2 Å². The lowest BCUT2D eigenvalue weighted by molar-refractivity contribution is 0.275. The quantitative estimate of drug-likeness (QED) is 0.657. The van der Waals surface area contributed by atoms with Crippen LogP contribution < -0.4 is 4.74 Å². The fourth-order valence-corrected chi connectivity index (χ4v) is 3.79. The number of halogens is 3. The second kappa shape index (κ2) is 9.28. The van der Waals surface area contributed by atoms with E-state index in [9.17, 15) is 13.2 Å². The van der Waals surface area contributed by atoms with Gasteiger partial charge >= 0.3 is 0 Å². The molecule has 1 fully saturated rings. The Bertz CT molecular complexity index is 840. The van der Waals surface area contributed by atoms with Gasteiger partial charge in [-0.05, 0) is 67.7 Å². The SMILES string of the molecule is CCOc1ccc(C2CCC(/C=C/c3ccc(CO)c(F)c3)CC2)c(F)c1F. The van der Waals surface area contributed by atoms with Gasteiger partial charge in [0.2, 0.25) is 5.82 Å². The summed E-state index contributed by atoms with van der Waals surface area (Å²) >= 11 is 0. The number of hydrogen-bond acceptors (Lipinski definition) is 2. The fourth-order valence-electron chi connectivity index (χ4n) is 3.79. The van der Waals surface area contributed by atoms with Crippen LogP contribution in [0.15, 0.2) is 36.4 Å². The molecule has 0 atom stereocenters. The summed E-state index contributed by atoms with van der Waals surface area (Å²) in [5.41, 5.74) is 1.45. The average Bonchev–Trinajstić information content (AvgIpc) is 2.71. The van der Waals surface area contributed by atoms with Crippen molar-refractivity contribution in [3.8, 4) is 5.75 Å². The number of allylic oxidation sites excluding steroid dienone is 1. The molecule has 28 heavy (non-hydrogen) atoms. The second-order valence-electron chi connectivity index (χ2n) is 7.19. The summed E-state index contributed by atoms with van der Waals surface area (Å²) in [6.45, 7) is 1.71. The molecule has 1 N–H and O–H groups in total. The minimum absolute atomic E-state index is 0.00360. The monoisotopic (exact) mass is 390 g/mol. The van der Waals surface area contributed by atoms with E-state index < -0.39 is 17.5 Å². The van der Waals surface area contributed by atoms with Gasteiger partial charge in [0.1, 0.15) is 5.82 Å². The zero-order valence-electron chi connectivity index (χ0n) is 15.9.